The van der Waals surface area contributed by atoms with Gasteiger partial charge in [0.05, 0.1) is 30.4 Å². The lowest BCUT2D eigenvalue weighted by Crippen LogP contribution is -2.38. The Labute approximate surface area is 236 Å². The maximum Gasteiger partial charge on any atom is 0.310 e. The first-order chi connectivity index (χ1) is 18.2. The highest BCUT2D eigenvalue weighted by Crippen LogP contribution is 2.40. The van der Waals surface area contributed by atoms with Crippen molar-refractivity contribution in [1.82, 2.24) is 9.97 Å². The third-order valence-electron chi connectivity index (χ3n) is 6.53. The highest BCUT2D eigenvalue weighted by atomic mass is 16.5. The van der Waals surface area contributed by atoms with Gasteiger partial charge in [0.1, 0.15) is 0 Å². The van der Waals surface area contributed by atoms with Gasteiger partial charge in [0.25, 0.3) is 0 Å². The van der Waals surface area contributed by atoms with Crippen LogP contribution in [0.25, 0.3) is 11.1 Å². The Morgan fingerprint density at radius 1 is 1.10 bits per heavy atom. The molecule has 2 aromatic rings. The molecule has 0 radical (unpaired) electrons. The van der Waals surface area contributed by atoms with Gasteiger partial charge in [-0.1, -0.05) is 33.6 Å². The van der Waals surface area contributed by atoms with Crippen molar-refractivity contribution in [2.45, 2.75) is 113 Å². The molecule has 0 unspecified atom stereocenters. The van der Waals surface area contributed by atoms with Crippen molar-refractivity contribution in [2.24, 2.45) is 5.41 Å². The number of carbonyl (C=O) groups is 1. The van der Waals surface area contributed by atoms with Crippen LogP contribution in [0.1, 0.15) is 98.8 Å². The Bertz CT molecular complexity index is 1030. The minimum atomic E-state index is -0.500. The smallest absolute Gasteiger partial charge is 0.310 e. The molecule has 1 saturated heterocycles. The summed E-state index contributed by atoms with van der Waals surface area (Å²) < 4.78 is 11.3. The van der Waals surface area contributed by atoms with Gasteiger partial charge in [-0.15, -0.1) is 0 Å². The van der Waals surface area contributed by atoms with Crippen molar-refractivity contribution in [2.75, 3.05) is 24.6 Å². The van der Waals surface area contributed by atoms with Gasteiger partial charge in [0, 0.05) is 53.9 Å². The predicted molar refractivity (Wildman–Crippen MR) is 159 cm³/mol. The highest BCUT2D eigenvalue weighted by Gasteiger charge is 2.29. The summed E-state index contributed by atoms with van der Waals surface area (Å²) in [6.07, 6.45) is 9.41. The first-order valence-corrected chi connectivity index (χ1v) is 14.4. The van der Waals surface area contributed by atoms with Gasteiger partial charge in [-0.2, -0.15) is 0 Å². The third kappa shape index (κ3) is 11.5. The Morgan fingerprint density at radius 2 is 1.74 bits per heavy atom. The van der Waals surface area contributed by atoms with Gasteiger partial charge < -0.3 is 19.5 Å². The molecule has 0 bridgehead atoms. The standard InChI is InChI=1S/C28H41N3O3.C4H10O/c1-7-8-9-16-33-25-11-10-22(18-30-25)24-19-29-21(4)23(17-26(32)34-20(2)3)27(24)31-14-12-28(5,6)13-15-31;1-4(2,3)5/h10-11,18-20H,7-9,12-17H2,1-6H3;5H,1-3H3. The Hall–Kier alpha value is -2.67. The van der Waals surface area contributed by atoms with Gasteiger partial charge >= 0.3 is 5.97 Å². The van der Waals surface area contributed by atoms with Crippen molar-refractivity contribution in [1.29, 1.82) is 0 Å². The van der Waals surface area contributed by atoms with Gasteiger partial charge in [0.2, 0.25) is 5.88 Å². The summed E-state index contributed by atoms with van der Waals surface area (Å²) in [5, 5.41) is 8.52. The zero-order valence-corrected chi connectivity index (χ0v) is 25.8. The van der Waals surface area contributed by atoms with Crippen LogP contribution in [0.4, 0.5) is 5.69 Å². The summed E-state index contributed by atoms with van der Waals surface area (Å²) in [4.78, 5) is 24.3. The van der Waals surface area contributed by atoms with E-state index in [0.717, 1.165) is 66.8 Å². The number of hydrogen-bond donors (Lipinski definition) is 1. The second-order valence-corrected chi connectivity index (χ2v) is 12.6. The van der Waals surface area contributed by atoms with Crippen molar-refractivity contribution < 1.29 is 19.4 Å². The van der Waals surface area contributed by atoms with E-state index in [4.69, 9.17) is 14.6 Å². The molecule has 39 heavy (non-hydrogen) atoms. The molecular weight excluding hydrogens is 490 g/mol. The number of carbonyl (C=O) groups excluding carboxylic acids is 1. The second-order valence-electron chi connectivity index (χ2n) is 12.6. The molecule has 1 fully saturated rings. The fourth-order valence-corrected chi connectivity index (χ4v) is 4.36. The van der Waals surface area contributed by atoms with Crippen LogP contribution in [-0.4, -0.2) is 52.4 Å². The van der Waals surface area contributed by atoms with Gasteiger partial charge in [-0.3, -0.25) is 9.78 Å². The third-order valence-corrected chi connectivity index (χ3v) is 6.53. The second kappa shape index (κ2) is 14.6. The van der Waals surface area contributed by atoms with Crippen LogP contribution < -0.4 is 9.64 Å². The number of rotatable bonds is 10. The zero-order valence-electron chi connectivity index (χ0n) is 25.8. The maximum absolute atomic E-state index is 12.7. The van der Waals surface area contributed by atoms with Gasteiger partial charge in [-0.25, -0.2) is 4.98 Å². The molecule has 7 nitrogen and oxygen atoms in total. The summed E-state index contributed by atoms with van der Waals surface area (Å²) in [7, 11) is 0. The summed E-state index contributed by atoms with van der Waals surface area (Å²) in [6.45, 7) is 20.4. The molecule has 218 valence electrons. The molecule has 2 aromatic heterocycles. The maximum atomic E-state index is 12.7. The number of piperidine rings is 1. The molecule has 0 saturated carbocycles. The van der Waals surface area contributed by atoms with Crippen LogP contribution in [0.2, 0.25) is 0 Å². The van der Waals surface area contributed by atoms with Crippen LogP contribution >= 0.6 is 0 Å². The minimum absolute atomic E-state index is 0.141. The van der Waals surface area contributed by atoms with E-state index in [-0.39, 0.29) is 18.5 Å². The molecule has 0 spiro atoms. The van der Waals surface area contributed by atoms with E-state index in [9.17, 15) is 4.79 Å². The van der Waals surface area contributed by atoms with E-state index in [2.05, 4.69) is 35.6 Å². The molecule has 0 aromatic carbocycles. The largest absolute Gasteiger partial charge is 0.478 e. The first kappa shape index (κ1) is 32.5. The van der Waals surface area contributed by atoms with Crippen molar-refractivity contribution in [3.8, 4) is 17.0 Å². The lowest BCUT2D eigenvalue weighted by atomic mass is 9.82. The molecule has 1 aliphatic heterocycles. The van der Waals surface area contributed by atoms with Crippen LogP contribution in [0.5, 0.6) is 5.88 Å². The summed E-state index contributed by atoms with van der Waals surface area (Å²) in [6, 6.07) is 3.97. The number of aromatic nitrogens is 2. The number of hydrogen-bond acceptors (Lipinski definition) is 7. The topological polar surface area (TPSA) is 84.8 Å². The van der Waals surface area contributed by atoms with Crippen LogP contribution in [-0.2, 0) is 16.0 Å². The Morgan fingerprint density at radius 3 is 2.28 bits per heavy atom. The minimum Gasteiger partial charge on any atom is -0.478 e. The fourth-order valence-electron chi connectivity index (χ4n) is 4.36. The molecular formula is C32H51N3O4. The van der Waals surface area contributed by atoms with E-state index in [1.54, 1.807) is 20.8 Å². The number of aliphatic hydroxyl groups is 1. The zero-order chi connectivity index (χ0) is 29.2. The van der Waals surface area contributed by atoms with Crippen LogP contribution in [0.15, 0.2) is 24.5 Å². The van der Waals surface area contributed by atoms with Gasteiger partial charge in [0.15, 0.2) is 0 Å². The summed E-state index contributed by atoms with van der Waals surface area (Å²) >= 11 is 0. The van der Waals surface area contributed by atoms with Crippen LogP contribution in [0, 0.1) is 12.3 Å². The number of aryl methyl sites for hydroxylation is 1. The van der Waals surface area contributed by atoms with Crippen molar-refractivity contribution in [3.63, 3.8) is 0 Å². The number of esters is 1. The molecule has 7 heteroatoms. The summed E-state index contributed by atoms with van der Waals surface area (Å²) in [5.74, 6) is 0.423. The molecule has 3 rings (SSSR count). The highest BCUT2D eigenvalue weighted by molar-refractivity contribution is 5.85. The van der Waals surface area contributed by atoms with E-state index in [0.29, 0.717) is 17.9 Å². The monoisotopic (exact) mass is 541 g/mol. The molecule has 0 aliphatic carbocycles. The molecule has 1 aliphatic rings. The molecule has 0 amide bonds. The first-order valence-electron chi connectivity index (χ1n) is 14.4. The summed E-state index contributed by atoms with van der Waals surface area (Å²) in [5.41, 5.74) is 4.71. The number of ether oxygens (including phenoxy) is 2. The lowest BCUT2D eigenvalue weighted by molar-refractivity contribution is -0.146. The Balaban J connectivity index is 0.000000976. The van der Waals surface area contributed by atoms with E-state index < -0.39 is 5.60 Å². The number of unbranched alkanes of at least 4 members (excludes halogenated alkanes) is 2. The van der Waals surface area contributed by atoms with E-state index in [1.165, 1.54) is 6.42 Å². The quantitative estimate of drug-likeness (QED) is 0.258. The van der Waals surface area contributed by atoms with Crippen molar-refractivity contribution >= 4 is 11.7 Å². The Kier molecular flexibility index (Phi) is 12.2. The average Bonchev–Trinajstić information content (AvgIpc) is 2.82. The number of anilines is 1. The normalized spacial score (nSPS) is 15.0. The van der Waals surface area contributed by atoms with Gasteiger partial charge in [-0.05, 0) is 72.3 Å². The molecule has 1 N–H and O–H groups in total. The molecule has 0 atom stereocenters. The van der Waals surface area contributed by atoms with E-state index >= 15 is 0 Å². The average molecular weight is 542 g/mol. The van der Waals surface area contributed by atoms with E-state index in [1.807, 2.05) is 45.3 Å². The lowest BCUT2D eigenvalue weighted by Gasteiger charge is -2.40. The fraction of sp³-hybridized carbons (Fsp3) is 0.656. The number of pyridine rings is 2. The number of nitrogens with zero attached hydrogens (tertiary/aromatic N) is 3. The van der Waals surface area contributed by atoms with Crippen LogP contribution in [0.3, 0.4) is 0 Å². The molecule has 3 heterocycles. The van der Waals surface area contributed by atoms with Crippen molar-refractivity contribution in [3.05, 3.63) is 35.8 Å². The predicted octanol–water partition coefficient (Wildman–Crippen LogP) is 6.92. The SMILES string of the molecule is CC(C)(C)O.CCCCCOc1ccc(-c2cnc(C)c(CC(=O)OC(C)C)c2N2CCC(C)(C)CC2)cn1.